The number of alkyl halides is 1. The van der Waals surface area contributed by atoms with E-state index >= 15 is 0 Å². The summed E-state index contributed by atoms with van der Waals surface area (Å²) in [5.41, 5.74) is 0. The van der Waals surface area contributed by atoms with Crippen molar-refractivity contribution in [3.8, 4) is 0 Å². The highest BCUT2D eigenvalue weighted by Crippen LogP contribution is 2.26. The van der Waals surface area contributed by atoms with Gasteiger partial charge in [0.15, 0.2) is 9.84 Å². The molecule has 0 aliphatic carbocycles. The summed E-state index contributed by atoms with van der Waals surface area (Å²) in [4.78, 5) is 10.8. The number of hydrogen-bond donors (Lipinski definition) is 0. The van der Waals surface area contributed by atoms with Crippen LogP contribution in [0, 0.1) is 5.92 Å². The van der Waals surface area contributed by atoms with E-state index < -0.39 is 21.8 Å². The molecule has 0 radical (unpaired) electrons. The quantitative estimate of drug-likeness (QED) is 0.679. The maximum absolute atomic E-state index is 13.4. The van der Waals surface area contributed by atoms with Crippen LogP contribution in [0.25, 0.3) is 0 Å². The van der Waals surface area contributed by atoms with Crippen LogP contribution in [-0.4, -0.2) is 39.2 Å². The maximum Gasteiger partial charge on any atom is 0.305 e. The number of sulfone groups is 1. The summed E-state index contributed by atoms with van der Waals surface area (Å²) in [6.07, 6.45) is -0.515. The first-order chi connectivity index (χ1) is 6.94. The average Bonchev–Trinajstić information content (AvgIpc) is 2.15. The van der Waals surface area contributed by atoms with Gasteiger partial charge in [0, 0.05) is 6.42 Å². The van der Waals surface area contributed by atoms with Gasteiger partial charge in [0.2, 0.25) is 0 Å². The molecule has 1 aliphatic rings. The average molecular weight is 238 g/mol. The molecule has 4 nitrogen and oxygen atoms in total. The zero-order chi connectivity index (χ0) is 11.5. The number of carbonyl (C=O) groups is 1. The monoisotopic (exact) mass is 238 g/mol. The fourth-order valence-corrected chi connectivity index (χ4v) is 3.29. The lowest BCUT2D eigenvalue weighted by Gasteiger charge is -2.25. The molecule has 0 saturated carbocycles. The van der Waals surface area contributed by atoms with E-state index in [1.54, 1.807) is 0 Å². The maximum atomic E-state index is 13.4. The van der Waals surface area contributed by atoms with E-state index in [0.29, 0.717) is 12.8 Å². The fourth-order valence-electron chi connectivity index (χ4n) is 1.70. The van der Waals surface area contributed by atoms with Crippen LogP contribution in [0.5, 0.6) is 0 Å². The second-order valence-electron chi connectivity index (χ2n) is 3.79. The van der Waals surface area contributed by atoms with Gasteiger partial charge in [0.1, 0.15) is 6.17 Å². The number of rotatable bonds is 3. The minimum Gasteiger partial charge on any atom is -0.469 e. The predicted octanol–water partition coefficient (Wildman–Crippen LogP) is 0.712. The Morgan fingerprint density at radius 1 is 1.53 bits per heavy atom. The van der Waals surface area contributed by atoms with Crippen LogP contribution >= 0.6 is 0 Å². The van der Waals surface area contributed by atoms with Gasteiger partial charge in [-0.1, -0.05) is 0 Å². The molecule has 0 aromatic carbocycles. The Labute approximate surface area is 88.7 Å². The summed E-state index contributed by atoms with van der Waals surface area (Å²) in [6, 6.07) is 0. The van der Waals surface area contributed by atoms with Gasteiger partial charge >= 0.3 is 5.97 Å². The number of hydrogen-bond acceptors (Lipinski definition) is 4. The van der Waals surface area contributed by atoms with E-state index in [1.165, 1.54) is 7.11 Å². The first-order valence-corrected chi connectivity index (χ1v) is 6.68. The van der Waals surface area contributed by atoms with Gasteiger partial charge in [-0.15, -0.1) is 0 Å². The molecular weight excluding hydrogens is 223 g/mol. The third-order valence-electron chi connectivity index (χ3n) is 2.67. The molecule has 1 heterocycles. The van der Waals surface area contributed by atoms with Crippen molar-refractivity contribution >= 4 is 15.8 Å². The number of methoxy groups -OCH3 is 1. The van der Waals surface area contributed by atoms with Gasteiger partial charge in [-0.2, -0.15) is 0 Å². The third-order valence-corrected chi connectivity index (χ3v) is 4.36. The Bertz CT molecular complexity index is 325. The predicted molar refractivity (Wildman–Crippen MR) is 52.9 cm³/mol. The van der Waals surface area contributed by atoms with Crippen LogP contribution in [0.3, 0.4) is 0 Å². The minimum atomic E-state index is -3.20. The minimum absolute atomic E-state index is 0.0270. The largest absolute Gasteiger partial charge is 0.469 e. The highest BCUT2D eigenvalue weighted by atomic mass is 32.2. The van der Waals surface area contributed by atoms with E-state index in [9.17, 15) is 17.6 Å². The van der Waals surface area contributed by atoms with Crippen LogP contribution in [0.15, 0.2) is 0 Å². The number of halogens is 1. The molecule has 15 heavy (non-hydrogen) atoms. The second kappa shape index (κ2) is 4.92. The van der Waals surface area contributed by atoms with Crippen molar-refractivity contribution in [1.82, 2.24) is 0 Å². The summed E-state index contributed by atoms with van der Waals surface area (Å²) in [6.45, 7) is 0. The van der Waals surface area contributed by atoms with Crippen molar-refractivity contribution in [1.29, 1.82) is 0 Å². The van der Waals surface area contributed by atoms with E-state index in [-0.39, 0.29) is 24.1 Å². The number of carbonyl (C=O) groups excluding carboxylic acids is 1. The lowest BCUT2D eigenvalue weighted by atomic mass is 9.95. The Hall–Kier alpha value is -0.650. The molecule has 1 rings (SSSR count). The van der Waals surface area contributed by atoms with E-state index in [0.717, 1.165) is 0 Å². The van der Waals surface area contributed by atoms with Crippen LogP contribution in [-0.2, 0) is 19.4 Å². The standard InChI is InChI=1S/C9H15FO4S/c1-14-9(11)3-2-7-4-5-15(12,13)6-8(7)10/h7-8H,2-6H2,1H3/t7-,8+/m0/s1. The van der Waals surface area contributed by atoms with Gasteiger partial charge in [-0.3, -0.25) is 4.79 Å². The Morgan fingerprint density at radius 2 is 2.20 bits per heavy atom. The smallest absolute Gasteiger partial charge is 0.305 e. The molecular formula is C9H15FO4S. The summed E-state index contributed by atoms with van der Waals surface area (Å²) in [5.74, 6) is -1.08. The molecule has 0 aromatic heterocycles. The summed E-state index contributed by atoms with van der Waals surface area (Å²) >= 11 is 0. The SMILES string of the molecule is COC(=O)CC[C@H]1CCS(=O)(=O)C[C@H]1F. The summed E-state index contributed by atoms with van der Waals surface area (Å²) in [5, 5.41) is 0. The van der Waals surface area contributed by atoms with Crippen molar-refractivity contribution in [2.75, 3.05) is 18.6 Å². The molecule has 0 spiro atoms. The van der Waals surface area contributed by atoms with Crippen molar-refractivity contribution in [2.24, 2.45) is 5.92 Å². The molecule has 1 fully saturated rings. The number of ether oxygens (including phenoxy) is 1. The zero-order valence-electron chi connectivity index (χ0n) is 8.61. The molecule has 0 amide bonds. The van der Waals surface area contributed by atoms with Crippen molar-refractivity contribution in [3.63, 3.8) is 0 Å². The first-order valence-electron chi connectivity index (χ1n) is 4.86. The van der Waals surface area contributed by atoms with Crippen LogP contribution < -0.4 is 0 Å². The molecule has 1 aliphatic heterocycles. The summed E-state index contributed by atoms with van der Waals surface area (Å²) < 4.78 is 39.9. The molecule has 6 heteroatoms. The van der Waals surface area contributed by atoms with Gasteiger partial charge in [0.25, 0.3) is 0 Å². The van der Waals surface area contributed by atoms with Gasteiger partial charge < -0.3 is 4.74 Å². The molecule has 0 N–H and O–H groups in total. The van der Waals surface area contributed by atoms with Gasteiger partial charge in [-0.05, 0) is 18.8 Å². The lowest BCUT2D eigenvalue weighted by molar-refractivity contribution is -0.141. The Kier molecular flexibility index (Phi) is 4.07. The second-order valence-corrected chi connectivity index (χ2v) is 6.02. The molecule has 0 bridgehead atoms. The molecule has 0 unspecified atom stereocenters. The van der Waals surface area contributed by atoms with Crippen molar-refractivity contribution in [3.05, 3.63) is 0 Å². The van der Waals surface area contributed by atoms with Crippen LogP contribution in [0.4, 0.5) is 4.39 Å². The van der Waals surface area contributed by atoms with E-state index in [1.807, 2.05) is 0 Å². The topological polar surface area (TPSA) is 60.4 Å². The first kappa shape index (κ1) is 12.4. The number of esters is 1. The fraction of sp³-hybridized carbons (Fsp3) is 0.889. The highest BCUT2D eigenvalue weighted by molar-refractivity contribution is 7.91. The normalized spacial score (nSPS) is 29.7. The van der Waals surface area contributed by atoms with E-state index in [4.69, 9.17) is 0 Å². The van der Waals surface area contributed by atoms with Crippen molar-refractivity contribution < 1.29 is 22.3 Å². The highest BCUT2D eigenvalue weighted by Gasteiger charge is 2.33. The Balaban J connectivity index is 2.42. The molecule has 1 saturated heterocycles. The molecule has 0 aromatic rings. The molecule has 2 atom stereocenters. The Morgan fingerprint density at radius 3 is 2.73 bits per heavy atom. The third kappa shape index (κ3) is 3.77. The van der Waals surface area contributed by atoms with Crippen LogP contribution in [0.1, 0.15) is 19.3 Å². The van der Waals surface area contributed by atoms with Gasteiger partial charge in [-0.25, -0.2) is 12.8 Å². The molecule has 88 valence electrons. The summed E-state index contributed by atoms with van der Waals surface area (Å²) in [7, 11) is -1.92. The van der Waals surface area contributed by atoms with Crippen LogP contribution in [0.2, 0.25) is 0 Å². The van der Waals surface area contributed by atoms with Crippen molar-refractivity contribution in [2.45, 2.75) is 25.4 Å². The van der Waals surface area contributed by atoms with Gasteiger partial charge in [0.05, 0.1) is 18.6 Å². The van der Waals surface area contributed by atoms with E-state index in [2.05, 4.69) is 4.74 Å². The zero-order valence-corrected chi connectivity index (χ0v) is 9.43. The lowest BCUT2D eigenvalue weighted by Crippen LogP contribution is -2.34.